The molecular formula is C23H16ClN3O2. The summed E-state index contributed by atoms with van der Waals surface area (Å²) in [5.41, 5.74) is 5.69. The number of nitrogens with zero attached hydrogens (tertiary/aromatic N) is 2. The van der Waals surface area contributed by atoms with Crippen LogP contribution < -0.4 is 5.43 Å². The molecule has 2 N–H and O–H groups in total. The molecule has 142 valence electrons. The van der Waals surface area contributed by atoms with E-state index in [1.807, 2.05) is 42.5 Å². The highest BCUT2D eigenvalue weighted by atomic mass is 35.5. The summed E-state index contributed by atoms with van der Waals surface area (Å²) in [4.78, 5) is 17.5. The van der Waals surface area contributed by atoms with Crippen LogP contribution in [0.2, 0.25) is 5.02 Å². The number of phenolic OH excluding ortho intramolecular Hbond substituents is 1. The monoisotopic (exact) mass is 401 g/mol. The molecule has 4 rings (SSSR count). The fourth-order valence-electron chi connectivity index (χ4n) is 3.00. The van der Waals surface area contributed by atoms with Crippen molar-refractivity contribution >= 4 is 34.6 Å². The van der Waals surface area contributed by atoms with Crippen molar-refractivity contribution in [1.82, 2.24) is 10.4 Å². The molecule has 4 aromatic rings. The molecule has 3 aromatic carbocycles. The zero-order chi connectivity index (χ0) is 20.2. The van der Waals surface area contributed by atoms with E-state index >= 15 is 0 Å². The fourth-order valence-corrected chi connectivity index (χ4v) is 3.23. The van der Waals surface area contributed by atoms with Crippen molar-refractivity contribution in [2.75, 3.05) is 0 Å². The summed E-state index contributed by atoms with van der Waals surface area (Å²) in [6.45, 7) is 0. The number of benzene rings is 3. The second kappa shape index (κ2) is 8.12. The maximum atomic E-state index is 12.8. The van der Waals surface area contributed by atoms with Crippen LogP contribution in [0.5, 0.6) is 5.75 Å². The van der Waals surface area contributed by atoms with E-state index in [-0.39, 0.29) is 11.7 Å². The Labute approximate surface area is 172 Å². The molecule has 1 heterocycles. The maximum Gasteiger partial charge on any atom is 0.272 e. The Balaban J connectivity index is 1.70. The molecule has 0 unspecified atom stereocenters. The average Bonchev–Trinajstić information content (AvgIpc) is 2.73. The molecule has 0 saturated carbocycles. The lowest BCUT2D eigenvalue weighted by atomic mass is 10.0. The van der Waals surface area contributed by atoms with E-state index in [0.717, 1.165) is 5.56 Å². The number of hydrogen-bond acceptors (Lipinski definition) is 4. The summed E-state index contributed by atoms with van der Waals surface area (Å²) in [5, 5.41) is 14.8. The van der Waals surface area contributed by atoms with E-state index in [9.17, 15) is 9.90 Å². The molecular weight excluding hydrogens is 386 g/mol. The van der Waals surface area contributed by atoms with Gasteiger partial charge < -0.3 is 5.11 Å². The molecule has 6 heteroatoms. The number of pyridine rings is 1. The molecule has 0 radical (unpaired) electrons. The number of para-hydroxylation sites is 1. The zero-order valence-electron chi connectivity index (χ0n) is 15.2. The number of halogens is 1. The van der Waals surface area contributed by atoms with Crippen LogP contribution >= 0.6 is 11.6 Å². The van der Waals surface area contributed by atoms with Crippen LogP contribution in [0, 0.1) is 0 Å². The quantitative estimate of drug-likeness (QED) is 0.372. The van der Waals surface area contributed by atoms with Crippen LogP contribution in [-0.4, -0.2) is 22.2 Å². The number of nitrogens with one attached hydrogen (secondary N) is 1. The van der Waals surface area contributed by atoms with E-state index in [1.54, 1.807) is 36.4 Å². The molecule has 0 atom stereocenters. The van der Waals surface area contributed by atoms with Crippen LogP contribution in [0.25, 0.3) is 22.2 Å². The fraction of sp³-hybridized carbons (Fsp3) is 0. The Hall–Kier alpha value is -3.70. The zero-order valence-corrected chi connectivity index (χ0v) is 16.0. The number of rotatable bonds is 4. The minimum absolute atomic E-state index is 0.129. The van der Waals surface area contributed by atoms with Gasteiger partial charge in [0.25, 0.3) is 5.91 Å². The Kier molecular flexibility index (Phi) is 5.22. The maximum absolute atomic E-state index is 12.8. The number of fused-ring (bicyclic) bond motifs is 1. The molecule has 1 amide bonds. The van der Waals surface area contributed by atoms with Gasteiger partial charge >= 0.3 is 0 Å². The first-order valence-corrected chi connectivity index (χ1v) is 9.27. The van der Waals surface area contributed by atoms with E-state index < -0.39 is 0 Å². The number of hydrogen-bond donors (Lipinski definition) is 2. The first-order valence-electron chi connectivity index (χ1n) is 8.89. The minimum Gasteiger partial charge on any atom is -0.508 e. The van der Waals surface area contributed by atoms with Crippen LogP contribution in [0.1, 0.15) is 15.9 Å². The Morgan fingerprint density at radius 2 is 1.79 bits per heavy atom. The molecule has 0 aliphatic carbocycles. The van der Waals surface area contributed by atoms with E-state index in [2.05, 4.69) is 15.5 Å². The first kappa shape index (κ1) is 18.7. The van der Waals surface area contributed by atoms with Gasteiger partial charge in [0.05, 0.1) is 23.0 Å². The Morgan fingerprint density at radius 3 is 2.62 bits per heavy atom. The van der Waals surface area contributed by atoms with Gasteiger partial charge in [0.15, 0.2) is 0 Å². The standard InChI is InChI=1S/C23H16ClN3O2/c24-20-10-3-1-9-18(20)22-13-19(17-8-2-4-11-21(17)26-22)23(29)27-25-14-15-6-5-7-16(28)12-15/h1-14,28H,(H,27,29)/b25-14+. The number of amides is 1. The molecule has 1 aromatic heterocycles. The van der Waals surface area contributed by atoms with Crippen molar-refractivity contribution in [3.8, 4) is 17.0 Å². The van der Waals surface area contributed by atoms with E-state index in [4.69, 9.17) is 11.6 Å². The topological polar surface area (TPSA) is 74.6 Å². The molecule has 0 saturated heterocycles. The van der Waals surface area contributed by atoms with Crippen molar-refractivity contribution in [2.24, 2.45) is 5.10 Å². The molecule has 0 fully saturated rings. The minimum atomic E-state index is -0.367. The number of aromatic nitrogens is 1. The van der Waals surface area contributed by atoms with E-state index in [0.29, 0.717) is 32.7 Å². The summed E-state index contributed by atoms with van der Waals surface area (Å²) in [6, 6.07) is 23.1. The second-order valence-electron chi connectivity index (χ2n) is 6.35. The predicted molar refractivity (Wildman–Crippen MR) is 115 cm³/mol. The number of carbonyl (C=O) groups is 1. The van der Waals surface area contributed by atoms with Crippen molar-refractivity contribution in [3.05, 3.63) is 95.0 Å². The summed E-state index contributed by atoms with van der Waals surface area (Å²) in [5.74, 6) is -0.238. The highest BCUT2D eigenvalue weighted by Crippen LogP contribution is 2.29. The summed E-state index contributed by atoms with van der Waals surface area (Å²) >= 11 is 6.32. The summed E-state index contributed by atoms with van der Waals surface area (Å²) < 4.78 is 0. The van der Waals surface area contributed by atoms with Gasteiger partial charge in [-0.1, -0.05) is 60.1 Å². The van der Waals surface area contributed by atoms with Crippen LogP contribution in [0.15, 0.2) is 84.0 Å². The number of phenols is 1. The van der Waals surface area contributed by atoms with Crippen molar-refractivity contribution in [3.63, 3.8) is 0 Å². The number of aromatic hydroxyl groups is 1. The highest BCUT2D eigenvalue weighted by Gasteiger charge is 2.14. The third-order valence-electron chi connectivity index (χ3n) is 4.36. The van der Waals surface area contributed by atoms with Gasteiger partial charge in [-0.15, -0.1) is 0 Å². The SMILES string of the molecule is O=C(N/N=C/c1cccc(O)c1)c1cc(-c2ccccc2Cl)nc2ccccc12. The van der Waals surface area contributed by atoms with Gasteiger partial charge in [0, 0.05) is 16.0 Å². The third kappa shape index (κ3) is 4.10. The molecule has 29 heavy (non-hydrogen) atoms. The Morgan fingerprint density at radius 1 is 1.00 bits per heavy atom. The largest absolute Gasteiger partial charge is 0.508 e. The van der Waals surface area contributed by atoms with Gasteiger partial charge in [-0.05, 0) is 35.9 Å². The van der Waals surface area contributed by atoms with E-state index in [1.165, 1.54) is 6.21 Å². The summed E-state index contributed by atoms with van der Waals surface area (Å²) in [6.07, 6.45) is 1.47. The van der Waals surface area contributed by atoms with Gasteiger partial charge in [-0.3, -0.25) is 4.79 Å². The predicted octanol–water partition coefficient (Wildman–Crippen LogP) is 5.02. The molecule has 0 spiro atoms. The normalized spacial score (nSPS) is 11.1. The van der Waals surface area contributed by atoms with Gasteiger partial charge in [0.1, 0.15) is 5.75 Å². The first-order chi connectivity index (χ1) is 14.1. The molecule has 0 aliphatic heterocycles. The van der Waals surface area contributed by atoms with Gasteiger partial charge in [-0.2, -0.15) is 5.10 Å². The summed E-state index contributed by atoms with van der Waals surface area (Å²) in [7, 11) is 0. The molecule has 0 aliphatic rings. The molecule has 5 nitrogen and oxygen atoms in total. The molecule has 0 bridgehead atoms. The lowest BCUT2D eigenvalue weighted by Gasteiger charge is -2.10. The van der Waals surface area contributed by atoms with Gasteiger partial charge in [0.2, 0.25) is 0 Å². The highest BCUT2D eigenvalue weighted by molar-refractivity contribution is 6.33. The number of carbonyl (C=O) groups excluding carboxylic acids is 1. The second-order valence-corrected chi connectivity index (χ2v) is 6.75. The van der Waals surface area contributed by atoms with Gasteiger partial charge in [-0.25, -0.2) is 10.4 Å². The third-order valence-corrected chi connectivity index (χ3v) is 4.69. The van der Waals surface area contributed by atoms with Crippen molar-refractivity contribution in [1.29, 1.82) is 0 Å². The number of hydrazone groups is 1. The average molecular weight is 402 g/mol. The smallest absolute Gasteiger partial charge is 0.272 e. The van der Waals surface area contributed by atoms with Crippen LogP contribution in [-0.2, 0) is 0 Å². The van der Waals surface area contributed by atoms with Crippen molar-refractivity contribution in [2.45, 2.75) is 0 Å². The van der Waals surface area contributed by atoms with Crippen LogP contribution in [0.3, 0.4) is 0 Å². The lowest BCUT2D eigenvalue weighted by molar-refractivity contribution is 0.0956. The van der Waals surface area contributed by atoms with Crippen LogP contribution in [0.4, 0.5) is 0 Å². The lowest BCUT2D eigenvalue weighted by Crippen LogP contribution is -2.18. The Bertz CT molecular complexity index is 1240. The van der Waals surface area contributed by atoms with Crippen molar-refractivity contribution < 1.29 is 9.90 Å².